The quantitative estimate of drug-likeness (QED) is 0.641. The van der Waals surface area contributed by atoms with E-state index in [2.05, 4.69) is 10.6 Å². The fraction of sp³-hybridized carbons (Fsp3) is 0.174. The highest BCUT2D eigenvalue weighted by atomic mass is 35.5. The predicted octanol–water partition coefficient (Wildman–Crippen LogP) is 4.32. The summed E-state index contributed by atoms with van der Waals surface area (Å²) in [6.07, 6.45) is 1.63. The van der Waals surface area contributed by atoms with Gasteiger partial charge in [-0.05, 0) is 67.8 Å². The minimum Gasteiger partial charge on any atom is -0.325 e. The largest absolute Gasteiger partial charge is 0.325 e. The fourth-order valence-electron chi connectivity index (χ4n) is 3.09. The van der Waals surface area contributed by atoms with Crippen LogP contribution in [0.4, 0.5) is 11.4 Å². The molecule has 7 heteroatoms. The molecule has 2 amide bonds. The van der Waals surface area contributed by atoms with Crippen molar-refractivity contribution in [2.45, 2.75) is 27.3 Å². The first kappa shape index (κ1) is 21.3. The molecule has 0 aliphatic rings. The second kappa shape index (κ2) is 8.97. The van der Waals surface area contributed by atoms with Crippen LogP contribution in [0, 0.1) is 20.8 Å². The molecule has 1 heterocycles. The van der Waals surface area contributed by atoms with Crippen LogP contribution in [-0.2, 0) is 11.3 Å². The third-order valence-corrected chi connectivity index (χ3v) is 4.84. The fourth-order valence-corrected chi connectivity index (χ4v) is 3.46. The topological polar surface area (TPSA) is 80.2 Å². The Morgan fingerprint density at radius 2 is 1.63 bits per heavy atom. The molecule has 0 fully saturated rings. The lowest BCUT2D eigenvalue weighted by Gasteiger charge is -2.12. The Morgan fingerprint density at radius 1 is 0.933 bits per heavy atom. The molecule has 3 rings (SSSR count). The summed E-state index contributed by atoms with van der Waals surface area (Å²) in [6, 6.07) is 13.4. The molecule has 0 saturated carbocycles. The first-order chi connectivity index (χ1) is 14.2. The Hall–Kier alpha value is -3.38. The number of nitrogens with one attached hydrogen (secondary N) is 2. The number of rotatable bonds is 5. The van der Waals surface area contributed by atoms with E-state index in [1.54, 1.807) is 42.6 Å². The van der Waals surface area contributed by atoms with Gasteiger partial charge in [0.25, 0.3) is 11.5 Å². The highest BCUT2D eigenvalue weighted by Gasteiger charge is 2.12. The minimum absolute atomic E-state index is 0.0893. The normalized spacial score (nSPS) is 10.5. The first-order valence-corrected chi connectivity index (χ1v) is 9.76. The van der Waals surface area contributed by atoms with Crippen LogP contribution in [0.25, 0.3) is 0 Å². The van der Waals surface area contributed by atoms with Gasteiger partial charge in [0.15, 0.2) is 0 Å². The van der Waals surface area contributed by atoms with Gasteiger partial charge in [-0.25, -0.2) is 0 Å². The van der Waals surface area contributed by atoms with Gasteiger partial charge in [0, 0.05) is 23.5 Å². The number of benzene rings is 2. The lowest BCUT2D eigenvalue weighted by Crippen LogP contribution is -2.26. The molecule has 0 bridgehead atoms. The van der Waals surface area contributed by atoms with E-state index >= 15 is 0 Å². The van der Waals surface area contributed by atoms with Gasteiger partial charge in [0.1, 0.15) is 6.54 Å². The van der Waals surface area contributed by atoms with E-state index in [1.807, 2.05) is 26.8 Å². The average molecular weight is 424 g/mol. The standard InChI is InChI=1S/C23H22ClN3O3/c1-14-4-9-21(29)27(12-14)13-20(28)25-18-7-5-17(6-8-18)23(30)26-22-16(3)10-15(2)11-19(22)24/h4-12H,13H2,1-3H3,(H,25,28)(H,26,30). The monoisotopic (exact) mass is 423 g/mol. The molecule has 30 heavy (non-hydrogen) atoms. The Bertz CT molecular complexity index is 1140. The number of hydrogen-bond donors (Lipinski definition) is 2. The average Bonchev–Trinajstić information content (AvgIpc) is 2.68. The molecular weight excluding hydrogens is 402 g/mol. The maximum absolute atomic E-state index is 12.6. The molecule has 0 radical (unpaired) electrons. The van der Waals surface area contributed by atoms with Crippen LogP contribution in [-0.4, -0.2) is 16.4 Å². The summed E-state index contributed by atoms with van der Waals surface area (Å²) in [5.41, 5.74) is 4.08. The minimum atomic E-state index is -0.332. The lowest BCUT2D eigenvalue weighted by atomic mass is 10.1. The van der Waals surface area contributed by atoms with Gasteiger partial charge in [-0.15, -0.1) is 0 Å². The van der Waals surface area contributed by atoms with Crippen molar-refractivity contribution in [3.8, 4) is 0 Å². The van der Waals surface area contributed by atoms with Gasteiger partial charge >= 0.3 is 0 Å². The number of pyridine rings is 1. The lowest BCUT2D eigenvalue weighted by molar-refractivity contribution is -0.116. The van der Waals surface area contributed by atoms with E-state index < -0.39 is 0 Å². The molecule has 0 unspecified atom stereocenters. The zero-order valence-electron chi connectivity index (χ0n) is 17.0. The van der Waals surface area contributed by atoms with Crippen molar-refractivity contribution in [3.63, 3.8) is 0 Å². The molecule has 0 aliphatic heterocycles. The number of amides is 2. The Labute approximate surface area is 179 Å². The first-order valence-electron chi connectivity index (χ1n) is 9.38. The number of carbonyl (C=O) groups is 2. The van der Waals surface area contributed by atoms with Gasteiger partial charge in [-0.1, -0.05) is 23.7 Å². The summed E-state index contributed by atoms with van der Waals surface area (Å²) in [5.74, 6) is -0.630. The smallest absolute Gasteiger partial charge is 0.255 e. The van der Waals surface area contributed by atoms with Crippen LogP contribution < -0.4 is 16.2 Å². The summed E-state index contributed by atoms with van der Waals surface area (Å²) in [4.78, 5) is 36.6. The highest BCUT2D eigenvalue weighted by Crippen LogP contribution is 2.27. The summed E-state index contributed by atoms with van der Waals surface area (Å²) in [6.45, 7) is 5.58. The van der Waals surface area contributed by atoms with E-state index in [9.17, 15) is 14.4 Å². The van der Waals surface area contributed by atoms with E-state index in [-0.39, 0.29) is 23.9 Å². The van der Waals surface area contributed by atoms with Crippen molar-refractivity contribution >= 4 is 34.8 Å². The molecule has 0 spiro atoms. The molecule has 0 aliphatic carbocycles. The molecule has 1 aromatic heterocycles. The number of aryl methyl sites for hydroxylation is 3. The third-order valence-electron chi connectivity index (χ3n) is 4.55. The third kappa shape index (κ3) is 5.15. The van der Waals surface area contributed by atoms with Crippen molar-refractivity contribution in [1.82, 2.24) is 4.57 Å². The Morgan fingerprint density at radius 3 is 2.30 bits per heavy atom. The SMILES string of the molecule is Cc1cc(C)c(NC(=O)c2ccc(NC(=O)Cn3cc(C)ccc3=O)cc2)c(Cl)c1. The molecule has 154 valence electrons. The van der Waals surface area contributed by atoms with Gasteiger partial charge < -0.3 is 15.2 Å². The summed E-state index contributed by atoms with van der Waals surface area (Å²) < 4.78 is 1.35. The van der Waals surface area contributed by atoms with E-state index in [4.69, 9.17) is 11.6 Å². The maximum Gasteiger partial charge on any atom is 0.255 e. The van der Waals surface area contributed by atoms with Gasteiger partial charge in [-0.2, -0.15) is 0 Å². The molecule has 2 N–H and O–H groups in total. The van der Waals surface area contributed by atoms with Crippen LogP contribution >= 0.6 is 11.6 Å². The van der Waals surface area contributed by atoms with E-state index in [0.29, 0.717) is 22.0 Å². The van der Waals surface area contributed by atoms with Gasteiger partial charge in [-0.3, -0.25) is 14.4 Å². The van der Waals surface area contributed by atoms with Crippen molar-refractivity contribution in [3.05, 3.63) is 92.4 Å². The van der Waals surface area contributed by atoms with E-state index in [1.165, 1.54) is 10.6 Å². The Kier molecular flexibility index (Phi) is 6.37. The number of aromatic nitrogens is 1. The zero-order chi connectivity index (χ0) is 21.8. The second-order valence-corrected chi connectivity index (χ2v) is 7.60. The maximum atomic E-state index is 12.6. The summed E-state index contributed by atoms with van der Waals surface area (Å²) in [7, 11) is 0. The number of hydrogen-bond acceptors (Lipinski definition) is 3. The van der Waals surface area contributed by atoms with Crippen LogP contribution in [0.2, 0.25) is 5.02 Å². The van der Waals surface area contributed by atoms with E-state index in [0.717, 1.165) is 16.7 Å². The molecule has 6 nitrogen and oxygen atoms in total. The summed E-state index contributed by atoms with van der Waals surface area (Å²) in [5, 5.41) is 6.04. The molecule has 0 atom stereocenters. The number of nitrogens with zero attached hydrogens (tertiary/aromatic N) is 1. The van der Waals surface area contributed by atoms with Crippen LogP contribution in [0.3, 0.4) is 0 Å². The molecule has 2 aromatic carbocycles. The van der Waals surface area contributed by atoms with Crippen molar-refractivity contribution < 1.29 is 9.59 Å². The van der Waals surface area contributed by atoms with Gasteiger partial charge in [0.2, 0.25) is 5.91 Å². The number of halogens is 1. The van der Waals surface area contributed by atoms with Crippen LogP contribution in [0.15, 0.2) is 59.5 Å². The van der Waals surface area contributed by atoms with Crippen LogP contribution in [0.5, 0.6) is 0 Å². The Balaban J connectivity index is 1.66. The van der Waals surface area contributed by atoms with Gasteiger partial charge in [0.05, 0.1) is 10.7 Å². The van der Waals surface area contributed by atoms with Crippen molar-refractivity contribution in [1.29, 1.82) is 0 Å². The molecular formula is C23H22ClN3O3. The zero-order valence-corrected chi connectivity index (χ0v) is 17.7. The summed E-state index contributed by atoms with van der Waals surface area (Å²) >= 11 is 6.25. The number of carbonyl (C=O) groups excluding carboxylic acids is 2. The molecule has 0 saturated heterocycles. The second-order valence-electron chi connectivity index (χ2n) is 7.19. The highest BCUT2D eigenvalue weighted by molar-refractivity contribution is 6.34. The molecule has 3 aromatic rings. The number of anilines is 2. The van der Waals surface area contributed by atoms with Crippen molar-refractivity contribution in [2.24, 2.45) is 0 Å². The van der Waals surface area contributed by atoms with Crippen LogP contribution in [0.1, 0.15) is 27.0 Å². The predicted molar refractivity (Wildman–Crippen MR) is 119 cm³/mol. The van der Waals surface area contributed by atoms with Crippen molar-refractivity contribution in [2.75, 3.05) is 10.6 Å².